The van der Waals surface area contributed by atoms with E-state index >= 15 is 0 Å². The Morgan fingerprint density at radius 2 is 0.814 bits per heavy atom. The summed E-state index contributed by atoms with van der Waals surface area (Å²) in [6.07, 6.45) is 0. The van der Waals surface area contributed by atoms with E-state index in [9.17, 15) is 9.59 Å². The van der Waals surface area contributed by atoms with Gasteiger partial charge in [-0.15, -0.1) is 0 Å². The molecule has 0 aromatic heterocycles. The van der Waals surface area contributed by atoms with Crippen molar-refractivity contribution in [3.63, 3.8) is 0 Å². The molecule has 2 aliphatic heterocycles. The van der Waals surface area contributed by atoms with Crippen LogP contribution >= 0.6 is 0 Å². The summed E-state index contributed by atoms with van der Waals surface area (Å²) >= 11 is 0. The smallest absolute Gasteiger partial charge is 0.254 e. The largest absolute Gasteiger partial charge is 0.388 e. The normalized spacial score (nSPS) is 11.7. The first kappa shape index (κ1) is 39.9. The number of rotatable bonds is 4. The van der Waals surface area contributed by atoms with Crippen LogP contribution in [0.4, 0.5) is 0 Å². The summed E-state index contributed by atoms with van der Waals surface area (Å²) < 4.78 is 4.25. The Hall–Kier alpha value is -3.12. The Bertz CT molecular complexity index is 1230. The zero-order valence-corrected chi connectivity index (χ0v) is 29.8. The van der Waals surface area contributed by atoms with Gasteiger partial charge in [0.15, 0.2) is 0 Å². The van der Waals surface area contributed by atoms with Crippen molar-refractivity contribution in [2.75, 3.05) is 14.2 Å². The zero-order valence-electron chi connectivity index (χ0n) is 26.9. The third-order valence-electron chi connectivity index (χ3n) is 6.22. The number of ether oxygens (including phenoxy) is 1. The molecule has 0 aliphatic carbocycles. The standard InChI is InChI=1S/2C15H13NO.C2H6O.2C2H6.CH3.Y/c2*17-15-14-9-5-4-8-13(14)11-16(15)10-12-6-2-1-3-7-12;1-3-2;2*1-2;;/h2*1-9H,10-11H2;1-2H3;2*1-2H3;1H3;/q;;;;;-1;. The van der Waals surface area contributed by atoms with Gasteiger partial charge < -0.3 is 22.0 Å². The first-order valence-electron chi connectivity index (χ1n) is 14.3. The van der Waals surface area contributed by atoms with Gasteiger partial charge in [0.1, 0.15) is 0 Å². The van der Waals surface area contributed by atoms with Gasteiger partial charge in [0.25, 0.3) is 11.8 Å². The Morgan fingerprint density at radius 1 is 0.535 bits per heavy atom. The van der Waals surface area contributed by atoms with Gasteiger partial charge in [-0.2, -0.15) is 0 Å². The molecular weight excluding hydrogens is 609 g/mol. The summed E-state index contributed by atoms with van der Waals surface area (Å²) in [6, 6.07) is 35.9. The summed E-state index contributed by atoms with van der Waals surface area (Å²) in [5, 5.41) is 0. The van der Waals surface area contributed by atoms with Crippen LogP contribution in [0.3, 0.4) is 0 Å². The maximum absolute atomic E-state index is 12.1. The second-order valence-corrected chi connectivity index (χ2v) is 9.02. The third kappa shape index (κ3) is 11.8. The van der Waals surface area contributed by atoms with Crippen LogP contribution in [0, 0.1) is 7.43 Å². The summed E-state index contributed by atoms with van der Waals surface area (Å²) in [7, 11) is 3.25. The topological polar surface area (TPSA) is 49.9 Å². The summed E-state index contributed by atoms with van der Waals surface area (Å²) in [6.45, 7) is 10.8. The first-order chi connectivity index (χ1) is 20.1. The predicted molar refractivity (Wildman–Crippen MR) is 175 cm³/mol. The molecule has 43 heavy (non-hydrogen) atoms. The molecule has 0 saturated heterocycles. The number of carbonyl (C=O) groups excluding carboxylic acids is 2. The first-order valence-corrected chi connectivity index (χ1v) is 14.3. The average Bonchev–Trinajstić information content (AvgIpc) is 3.52. The van der Waals surface area contributed by atoms with E-state index in [4.69, 9.17) is 0 Å². The molecule has 5 nitrogen and oxygen atoms in total. The molecule has 4 aromatic rings. The maximum atomic E-state index is 12.1. The van der Waals surface area contributed by atoms with Gasteiger partial charge in [-0.1, -0.05) is 125 Å². The quantitative estimate of drug-likeness (QED) is 0.207. The van der Waals surface area contributed by atoms with Crippen molar-refractivity contribution >= 4 is 11.8 Å². The second-order valence-electron chi connectivity index (χ2n) is 9.02. The van der Waals surface area contributed by atoms with Gasteiger partial charge in [0.2, 0.25) is 0 Å². The number of carbonyl (C=O) groups is 2. The number of hydrogen-bond acceptors (Lipinski definition) is 3. The number of amides is 2. The third-order valence-corrected chi connectivity index (χ3v) is 6.22. The Balaban J connectivity index is 0.000000655. The number of nitrogens with zero attached hydrogens (tertiary/aromatic N) is 2. The Morgan fingerprint density at radius 3 is 1.12 bits per heavy atom. The number of methoxy groups -OCH3 is 1. The van der Waals surface area contributed by atoms with Crippen LogP contribution < -0.4 is 0 Å². The molecule has 0 spiro atoms. The fraction of sp³-hybridized carbons (Fsp3) is 0.270. The molecule has 2 aliphatic rings. The van der Waals surface area contributed by atoms with E-state index in [1.54, 1.807) is 14.2 Å². The minimum atomic E-state index is 0. The number of fused-ring (bicyclic) bond motifs is 2. The van der Waals surface area contributed by atoms with Crippen LogP contribution in [0.25, 0.3) is 0 Å². The fourth-order valence-electron chi connectivity index (χ4n) is 4.49. The van der Waals surface area contributed by atoms with Gasteiger partial charge in [0, 0.05) is 84.2 Å². The Labute approximate surface area is 285 Å². The van der Waals surface area contributed by atoms with Gasteiger partial charge in [0.05, 0.1) is 0 Å². The fourth-order valence-corrected chi connectivity index (χ4v) is 4.49. The van der Waals surface area contributed by atoms with Crippen molar-refractivity contribution in [3.05, 3.63) is 150 Å². The molecule has 2 heterocycles. The maximum Gasteiger partial charge on any atom is 0.254 e. The van der Waals surface area contributed by atoms with Crippen LogP contribution in [0.2, 0.25) is 0 Å². The van der Waals surface area contributed by atoms with E-state index in [1.165, 1.54) is 11.1 Å². The molecule has 6 rings (SSSR count). The van der Waals surface area contributed by atoms with E-state index in [0.717, 1.165) is 35.3 Å². The van der Waals surface area contributed by atoms with E-state index in [1.807, 2.05) is 122 Å². The van der Waals surface area contributed by atoms with Gasteiger partial charge in [-0.3, -0.25) is 9.59 Å². The predicted octanol–water partition coefficient (Wildman–Crippen LogP) is 8.45. The molecule has 0 N–H and O–H groups in total. The molecule has 0 atom stereocenters. The average molecular weight is 657 g/mol. The van der Waals surface area contributed by atoms with Gasteiger partial charge in [-0.25, -0.2) is 0 Å². The SMILES string of the molecule is CC.CC.COC.O=C1c2ccccc2CN1Cc1ccccc1.O=C1c2ccccc2CN1Cc1ccccc1.[CH3-].[Y]. The van der Waals surface area contributed by atoms with Gasteiger partial charge >= 0.3 is 0 Å². The molecule has 0 fully saturated rings. The molecule has 0 saturated carbocycles. The van der Waals surface area contributed by atoms with Crippen LogP contribution in [-0.2, 0) is 63.6 Å². The van der Waals surface area contributed by atoms with Crippen molar-refractivity contribution in [1.82, 2.24) is 9.80 Å². The van der Waals surface area contributed by atoms with Crippen molar-refractivity contribution in [3.8, 4) is 0 Å². The molecule has 1 radical (unpaired) electrons. The number of benzene rings is 4. The molecule has 227 valence electrons. The van der Waals surface area contributed by atoms with E-state index in [2.05, 4.69) is 29.0 Å². The minimum absolute atomic E-state index is 0. The molecule has 0 unspecified atom stereocenters. The molecule has 2 amide bonds. The number of hydrogen-bond donors (Lipinski definition) is 0. The van der Waals surface area contributed by atoms with Crippen molar-refractivity contribution in [2.24, 2.45) is 0 Å². The van der Waals surface area contributed by atoms with Crippen LogP contribution in [0.5, 0.6) is 0 Å². The summed E-state index contributed by atoms with van der Waals surface area (Å²) in [5.41, 5.74) is 6.32. The van der Waals surface area contributed by atoms with E-state index in [0.29, 0.717) is 13.1 Å². The molecule has 6 heteroatoms. The summed E-state index contributed by atoms with van der Waals surface area (Å²) in [4.78, 5) is 28.0. The van der Waals surface area contributed by atoms with Crippen LogP contribution in [0.15, 0.2) is 109 Å². The minimum Gasteiger partial charge on any atom is -0.388 e. The van der Waals surface area contributed by atoms with Crippen molar-refractivity contribution < 1.29 is 47.0 Å². The van der Waals surface area contributed by atoms with Gasteiger partial charge in [-0.05, 0) is 34.4 Å². The van der Waals surface area contributed by atoms with Crippen LogP contribution in [-0.4, -0.2) is 35.8 Å². The van der Waals surface area contributed by atoms with Crippen molar-refractivity contribution in [1.29, 1.82) is 0 Å². The monoisotopic (exact) mass is 656 g/mol. The Kier molecular flexibility index (Phi) is 20.8. The van der Waals surface area contributed by atoms with E-state index in [-0.39, 0.29) is 52.0 Å². The van der Waals surface area contributed by atoms with Crippen molar-refractivity contribution in [2.45, 2.75) is 53.9 Å². The van der Waals surface area contributed by atoms with E-state index < -0.39 is 0 Å². The summed E-state index contributed by atoms with van der Waals surface area (Å²) in [5.74, 6) is 0.286. The zero-order chi connectivity index (χ0) is 30.0. The second kappa shape index (κ2) is 22.4. The van der Waals surface area contributed by atoms with Crippen LogP contribution in [0.1, 0.15) is 70.7 Å². The molecular formula is C37H47N2O3Y-. The molecule has 0 bridgehead atoms. The molecule has 4 aromatic carbocycles.